The second-order valence-corrected chi connectivity index (χ2v) is 7.67. The first kappa shape index (κ1) is 22.3. The molecule has 170 valence electrons. The van der Waals surface area contributed by atoms with Crippen LogP contribution in [0.15, 0.2) is 60.7 Å². The number of hydrogen-bond acceptors (Lipinski definition) is 5. The number of aromatic nitrogens is 1. The monoisotopic (exact) mass is 450 g/mol. The number of benzene rings is 2. The molecule has 1 amide bonds. The number of nitrogens with zero attached hydrogens (tertiary/aromatic N) is 2. The van der Waals surface area contributed by atoms with Crippen LogP contribution in [0.5, 0.6) is 11.8 Å². The van der Waals surface area contributed by atoms with Gasteiger partial charge in [-0.25, -0.2) is 9.18 Å². The normalized spacial score (nSPS) is 17.6. The fraction of sp³-hybridized carbons (Fsp3) is 0.240. The number of hydrogen-bond donors (Lipinski definition) is 1. The summed E-state index contributed by atoms with van der Waals surface area (Å²) in [5.74, 6) is -1.23. The van der Waals surface area contributed by atoms with Crippen LogP contribution in [0, 0.1) is 5.82 Å². The third-order valence-corrected chi connectivity index (χ3v) is 5.85. The Hall–Kier alpha value is -3.94. The molecular weight excluding hydrogens is 427 g/mol. The van der Waals surface area contributed by atoms with Crippen molar-refractivity contribution in [3.8, 4) is 22.9 Å². The van der Waals surface area contributed by atoms with Crippen molar-refractivity contribution < 1.29 is 28.6 Å². The fourth-order valence-electron chi connectivity index (χ4n) is 4.24. The van der Waals surface area contributed by atoms with Gasteiger partial charge in [0, 0.05) is 22.8 Å². The van der Waals surface area contributed by atoms with Crippen LogP contribution in [0.1, 0.15) is 34.8 Å². The van der Waals surface area contributed by atoms with Gasteiger partial charge in [0.05, 0.1) is 20.3 Å². The number of rotatable bonds is 6. The van der Waals surface area contributed by atoms with Gasteiger partial charge in [-0.05, 0) is 42.7 Å². The van der Waals surface area contributed by atoms with Crippen LogP contribution in [0.3, 0.4) is 0 Å². The van der Waals surface area contributed by atoms with Gasteiger partial charge in [-0.1, -0.05) is 30.3 Å². The van der Waals surface area contributed by atoms with Gasteiger partial charge in [0.15, 0.2) is 0 Å². The summed E-state index contributed by atoms with van der Waals surface area (Å²) in [6.45, 7) is 0. The van der Waals surface area contributed by atoms with E-state index in [9.17, 15) is 19.1 Å². The minimum atomic E-state index is -1.10. The molecule has 3 aromatic rings. The lowest BCUT2D eigenvalue weighted by Crippen LogP contribution is -2.42. The van der Waals surface area contributed by atoms with Crippen molar-refractivity contribution in [2.24, 2.45) is 0 Å². The number of methoxy groups -OCH3 is 2. The lowest BCUT2D eigenvalue weighted by Gasteiger charge is -2.29. The molecule has 0 bridgehead atoms. The lowest BCUT2D eigenvalue weighted by molar-refractivity contribution is -0.141. The van der Waals surface area contributed by atoms with E-state index in [1.165, 1.54) is 25.2 Å². The highest BCUT2D eigenvalue weighted by molar-refractivity contribution is 5.97. The number of carboxylic acid groups (broad SMARTS) is 1. The summed E-state index contributed by atoms with van der Waals surface area (Å²) in [7, 11) is 3.02. The molecule has 2 heterocycles. The SMILES string of the molecule is COc1ccc(-c2ccc(C(=O)N3C(C(=O)O)CCC3c3ccccc3F)cc2)c(OC)n1. The summed E-state index contributed by atoms with van der Waals surface area (Å²) in [5.41, 5.74) is 2.11. The highest BCUT2D eigenvalue weighted by atomic mass is 19.1. The van der Waals surface area contributed by atoms with E-state index in [2.05, 4.69) is 4.98 Å². The second kappa shape index (κ2) is 9.28. The molecule has 1 saturated heterocycles. The number of amides is 1. The summed E-state index contributed by atoms with van der Waals surface area (Å²) in [6, 6.07) is 14.7. The van der Waals surface area contributed by atoms with Crippen molar-refractivity contribution in [2.75, 3.05) is 14.2 Å². The van der Waals surface area contributed by atoms with Gasteiger partial charge in [-0.2, -0.15) is 4.98 Å². The third-order valence-electron chi connectivity index (χ3n) is 5.85. The standard InChI is InChI=1S/C25H23FN2O5/c1-32-22-14-11-17(23(27-22)33-2)15-7-9-16(10-8-15)24(29)28-20(12-13-21(28)25(30)31)18-5-3-4-6-19(18)26/h3-11,14,20-21H,12-13H2,1-2H3,(H,30,31). The first-order valence-electron chi connectivity index (χ1n) is 10.4. The van der Waals surface area contributed by atoms with E-state index in [0.717, 1.165) is 5.56 Å². The van der Waals surface area contributed by atoms with Crippen LogP contribution in [0.4, 0.5) is 4.39 Å². The first-order chi connectivity index (χ1) is 15.9. The third kappa shape index (κ3) is 4.24. The molecule has 1 aromatic heterocycles. The molecule has 2 atom stereocenters. The zero-order chi connectivity index (χ0) is 23.5. The summed E-state index contributed by atoms with van der Waals surface area (Å²) in [6.07, 6.45) is 0.628. The van der Waals surface area contributed by atoms with Crippen molar-refractivity contribution in [2.45, 2.75) is 24.9 Å². The molecule has 0 radical (unpaired) electrons. The molecular formula is C25H23FN2O5. The highest BCUT2D eigenvalue weighted by Crippen LogP contribution is 2.39. The molecule has 2 unspecified atom stereocenters. The smallest absolute Gasteiger partial charge is 0.326 e. The van der Waals surface area contributed by atoms with Crippen molar-refractivity contribution in [1.29, 1.82) is 0 Å². The Morgan fingerprint density at radius 2 is 1.73 bits per heavy atom. The Labute approximate surface area is 190 Å². The van der Waals surface area contributed by atoms with Crippen molar-refractivity contribution in [1.82, 2.24) is 9.88 Å². The average Bonchev–Trinajstić information content (AvgIpc) is 3.29. The molecule has 1 fully saturated rings. The largest absolute Gasteiger partial charge is 0.481 e. The molecule has 1 aliphatic heterocycles. The number of pyridine rings is 1. The maximum atomic E-state index is 14.5. The van der Waals surface area contributed by atoms with Crippen LogP contribution in [-0.2, 0) is 4.79 Å². The van der Waals surface area contributed by atoms with Crippen LogP contribution in [0.25, 0.3) is 11.1 Å². The molecule has 8 heteroatoms. The number of likely N-dealkylation sites (tertiary alicyclic amines) is 1. The summed E-state index contributed by atoms with van der Waals surface area (Å²) < 4.78 is 24.9. The first-order valence-corrected chi connectivity index (χ1v) is 10.4. The van der Waals surface area contributed by atoms with E-state index in [4.69, 9.17) is 9.47 Å². The Balaban J connectivity index is 1.66. The quantitative estimate of drug-likeness (QED) is 0.601. The maximum Gasteiger partial charge on any atom is 0.326 e. The molecule has 7 nitrogen and oxygen atoms in total. The van der Waals surface area contributed by atoms with E-state index >= 15 is 0 Å². The highest BCUT2D eigenvalue weighted by Gasteiger charge is 2.42. The van der Waals surface area contributed by atoms with Crippen molar-refractivity contribution >= 4 is 11.9 Å². The molecule has 2 aromatic carbocycles. The van der Waals surface area contributed by atoms with E-state index < -0.39 is 29.8 Å². The molecule has 1 N–H and O–H groups in total. The number of halogens is 1. The topological polar surface area (TPSA) is 89.0 Å². The predicted molar refractivity (Wildman–Crippen MR) is 119 cm³/mol. The second-order valence-electron chi connectivity index (χ2n) is 7.67. The molecule has 0 aliphatic carbocycles. The number of carbonyl (C=O) groups excluding carboxylic acids is 1. The number of ether oxygens (including phenoxy) is 2. The van der Waals surface area contributed by atoms with Gasteiger partial charge in [0.2, 0.25) is 11.8 Å². The van der Waals surface area contributed by atoms with Gasteiger partial charge in [0.25, 0.3) is 5.91 Å². The zero-order valence-corrected chi connectivity index (χ0v) is 18.2. The molecule has 0 spiro atoms. The minimum Gasteiger partial charge on any atom is -0.481 e. The maximum absolute atomic E-state index is 14.5. The lowest BCUT2D eigenvalue weighted by atomic mass is 10.0. The zero-order valence-electron chi connectivity index (χ0n) is 18.2. The summed E-state index contributed by atoms with van der Waals surface area (Å²) in [4.78, 5) is 30.8. The van der Waals surface area contributed by atoms with Gasteiger partial charge < -0.3 is 19.5 Å². The van der Waals surface area contributed by atoms with Gasteiger partial charge in [0.1, 0.15) is 11.9 Å². The molecule has 1 aliphatic rings. The molecule has 4 rings (SSSR count). The van der Waals surface area contributed by atoms with Gasteiger partial charge in [-0.15, -0.1) is 0 Å². The Morgan fingerprint density at radius 1 is 1.00 bits per heavy atom. The minimum absolute atomic E-state index is 0.257. The van der Waals surface area contributed by atoms with Crippen LogP contribution in [0.2, 0.25) is 0 Å². The number of aliphatic carboxylic acids is 1. The van der Waals surface area contributed by atoms with E-state index in [-0.39, 0.29) is 6.42 Å². The average molecular weight is 450 g/mol. The van der Waals surface area contributed by atoms with Crippen LogP contribution < -0.4 is 9.47 Å². The fourth-order valence-corrected chi connectivity index (χ4v) is 4.24. The van der Waals surface area contributed by atoms with Crippen LogP contribution >= 0.6 is 0 Å². The van der Waals surface area contributed by atoms with Gasteiger partial charge in [-0.3, -0.25) is 4.79 Å². The summed E-state index contributed by atoms with van der Waals surface area (Å²) >= 11 is 0. The van der Waals surface area contributed by atoms with E-state index in [0.29, 0.717) is 34.9 Å². The number of carbonyl (C=O) groups is 2. The Kier molecular flexibility index (Phi) is 6.26. The van der Waals surface area contributed by atoms with E-state index in [1.54, 1.807) is 54.6 Å². The van der Waals surface area contributed by atoms with Crippen LogP contribution in [-0.4, -0.2) is 47.1 Å². The Morgan fingerprint density at radius 3 is 2.36 bits per heavy atom. The Bertz CT molecular complexity index is 1180. The summed E-state index contributed by atoms with van der Waals surface area (Å²) in [5, 5.41) is 9.69. The number of carboxylic acids is 1. The van der Waals surface area contributed by atoms with Crippen molar-refractivity contribution in [3.63, 3.8) is 0 Å². The predicted octanol–water partition coefficient (Wildman–Crippen LogP) is 4.34. The van der Waals surface area contributed by atoms with Gasteiger partial charge >= 0.3 is 5.97 Å². The van der Waals surface area contributed by atoms with E-state index in [1.807, 2.05) is 0 Å². The molecule has 33 heavy (non-hydrogen) atoms. The van der Waals surface area contributed by atoms with Crippen molar-refractivity contribution in [3.05, 3.63) is 77.6 Å². The molecule has 0 saturated carbocycles.